The number of nitro groups is 1. The smallest absolute Gasteiger partial charge is 0.409 e. The predicted molar refractivity (Wildman–Crippen MR) is 113 cm³/mol. The Bertz CT molecular complexity index is 910. The highest BCUT2D eigenvalue weighted by Crippen LogP contribution is 2.27. The molecule has 1 aliphatic rings. The van der Waals surface area contributed by atoms with E-state index in [9.17, 15) is 19.7 Å². The molecule has 1 N–H and O–H groups in total. The topological polar surface area (TPSA) is 118 Å². The number of unbranched alkanes of at least 4 members (excludes halogenated alkanes) is 1. The Hall–Kier alpha value is -3.21. The number of ether oxygens (including phenoxy) is 1. The van der Waals surface area contributed by atoms with E-state index in [2.05, 4.69) is 10.3 Å². The van der Waals surface area contributed by atoms with E-state index in [0.29, 0.717) is 42.8 Å². The van der Waals surface area contributed by atoms with Gasteiger partial charge in [-0.1, -0.05) is 36.8 Å². The number of aromatic nitrogens is 1. The largest absolute Gasteiger partial charge is 0.449 e. The fourth-order valence-electron chi connectivity index (χ4n) is 2.91. The third-order valence-electron chi connectivity index (χ3n) is 4.60. The summed E-state index contributed by atoms with van der Waals surface area (Å²) >= 11 is 1.21. The molecule has 0 unspecified atom stereocenters. The van der Waals surface area contributed by atoms with Crippen LogP contribution in [0.1, 0.15) is 29.4 Å². The van der Waals surface area contributed by atoms with E-state index < -0.39 is 10.8 Å². The van der Waals surface area contributed by atoms with Crippen LogP contribution in [0.25, 0.3) is 0 Å². The van der Waals surface area contributed by atoms with Crippen molar-refractivity contribution in [3.63, 3.8) is 0 Å². The van der Waals surface area contributed by atoms with Gasteiger partial charge in [0.2, 0.25) is 0 Å². The SMILES string of the molecule is CCCCOC(=O)N1CCN(c2ncc(C(=O)Nc3ccccc3[N+](=O)[O-])s2)CC1. The second-order valence-corrected chi connectivity index (χ2v) is 7.69. The van der Waals surface area contributed by atoms with Crippen LogP contribution in [0.15, 0.2) is 30.5 Å². The summed E-state index contributed by atoms with van der Waals surface area (Å²) in [5, 5.41) is 14.3. The molecule has 10 nitrogen and oxygen atoms in total. The summed E-state index contributed by atoms with van der Waals surface area (Å²) in [4.78, 5) is 43.4. The van der Waals surface area contributed by atoms with E-state index >= 15 is 0 Å². The molecule has 0 radical (unpaired) electrons. The zero-order valence-corrected chi connectivity index (χ0v) is 17.4. The highest BCUT2D eigenvalue weighted by molar-refractivity contribution is 7.17. The van der Waals surface area contributed by atoms with Gasteiger partial charge in [-0.15, -0.1) is 0 Å². The average Bonchev–Trinajstić information content (AvgIpc) is 3.25. The lowest BCUT2D eigenvalue weighted by molar-refractivity contribution is -0.383. The van der Waals surface area contributed by atoms with Crippen LogP contribution in [0.3, 0.4) is 0 Å². The number of piperazine rings is 1. The van der Waals surface area contributed by atoms with E-state index in [4.69, 9.17) is 4.74 Å². The second-order valence-electron chi connectivity index (χ2n) is 6.68. The first-order valence-corrected chi connectivity index (χ1v) is 10.5. The molecule has 11 heteroatoms. The first-order valence-electron chi connectivity index (χ1n) is 9.67. The van der Waals surface area contributed by atoms with Gasteiger partial charge in [0.1, 0.15) is 10.6 Å². The molecule has 2 heterocycles. The standard InChI is InChI=1S/C19H23N5O5S/c1-2-3-12-29-19(26)23-10-8-22(9-11-23)18-20-13-16(30-18)17(25)21-14-6-4-5-7-15(14)24(27)28/h4-7,13H,2-3,8-12H2,1H3,(H,21,25). The molecule has 1 aromatic heterocycles. The van der Waals surface area contributed by atoms with Gasteiger partial charge >= 0.3 is 6.09 Å². The van der Waals surface area contributed by atoms with Gasteiger partial charge < -0.3 is 19.9 Å². The van der Waals surface area contributed by atoms with Gasteiger partial charge in [-0.2, -0.15) is 0 Å². The van der Waals surface area contributed by atoms with E-state index in [1.807, 2.05) is 11.8 Å². The molecular weight excluding hydrogens is 410 g/mol. The zero-order chi connectivity index (χ0) is 21.5. The fourth-order valence-corrected chi connectivity index (χ4v) is 3.78. The van der Waals surface area contributed by atoms with Gasteiger partial charge in [-0.3, -0.25) is 14.9 Å². The van der Waals surface area contributed by atoms with Crippen LogP contribution in [0.4, 0.5) is 21.3 Å². The van der Waals surface area contributed by atoms with E-state index in [1.54, 1.807) is 11.0 Å². The molecule has 160 valence electrons. The van der Waals surface area contributed by atoms with Crippen LogP contribution in [0.2, 0.25) is 0 Å². The molecule has 2 aromatic rings. The highest BCUT2D eigenvalue weighted by atomic mass is 32.1. The molecule has 30 heavy (non-hydrogen) atoms. The Labute approximate surface area is 177 Å². The van der Waals surface area contributed by atoms with Crippen LogP contribution in [-0.4, -0.2) is 59.6 Å². The van der Waals surface area contributed by atoms with Crippen molar-refractivity contribution >= 4 is 39.8 Å². The van der Waals surface area contributed by atoms with Gasteiger partial charge in [0.25, 0.3) is 11.6 Å². The molecule has 1 aliphatic heterocycles. The van der Waals surface area contributed by atoms with Gasteiger partial charge in [0.05, 0.1) is 17.7 Å². The van der Waals surface area contributed by atoms with Crippen molar-refractivity contribution in [2.75, 3.05) is 43.0 Å². The van der Waals surface area contributed by atoms with E-state index in [0.717, 1.165) is 12.8 Å². The van der Waals surface area contributed by atoms with Crippen molar-refractivity contribution in [3.05, 3.63) is 45.5 Å². The van der Waals surface area contributed by atoms with Crippen molar-refractivity contribution in [2.45, 2.75) is 19.8 Å². The minimum Gasteiger partial charge on any atom is -0.449 e. The third-order valence-corrected chi connectivity index (χ3v) is 5.65. The monoisotopic (exact) mass is 433 g/mol. The van der Waals surface area contributed by atoms with Crippen molar-refractivity contribution in [1.82, 2.24) is 9.88 Å². The Kier molecular flexibility index (Phi) is 7.17. The van der Waals surface area contributed by atoms with Gasteiger partial charge in [-0.05, 0) is 12.5 Å². The number of hydrogen-bond donors (Lipinski definition) is 1. The molecule has 0 aliphatic carbocycles. The maximum Gasteiger partial charge on any atom is 0.409 e. The molecule has 0 atom stereocenters. The molecule has 1 saturated heterocycles. The van der Waals surface area contributed by atoms with Gasteiger partial charge in [-0.25, -0.2) is 9.78 Å². The number of thiazole rings is 1. The number of benzene rings is 1. The Morgan fingerprint density at radius 3 is 2.70 bits per heavy atom. The molecule has 0 spiro atoms. The first kappa shape index (κ1) is 21.5. The minimum absolute atomic E-state index is 0.137. The number of rotatable bonds is 7. The van der Waals surface area contributed by atoms with Crippen molar-refractivity contribution in [3.8, 4) is 0 Å². The lowest BCUT2D eigenvalue weighted by Crippen LogP contribution is -2.49. The number of nitro benzene ring substituents is 1. The summed E-state index contributed by atoms with van der Waals surface area (Å²) in [6, 6.07) is 5.97. The van der Waals surface area contributed by atoms with Gasteiger partial charge in [0.15, 0.2) is 5.13 Å². The Morgan fingerprint density at radius 2 is 2.00 bits per heavy atom. The Balaban J connectivity index is 1.56. The minimum atomic E-state index is -0.541. The number of nitrogens with zero attached hydrogens (tertiary/aromatic N) is 4. The van der Waals surface area contributed by atoms with Crippen LogP contribution in [0.5, 0.6) is 0 Å². The molecule has 3 rings (SSSR count). The summed E-state index contributed by atoms with van der Waals surface area (Å²) in [7, 11) is 0. The third kappa shape index (κ3) is 5.23. The summed E-state index contributed by atoms with van der Waals surface area (Å²) in [5.74, 6) is -0.453. The summed E-state index contributed by atoms with van der Waals surface area (Å²) in [6.07, 6.45) is 2.97. The summed E-state index contributed by atoms with van der Waals surface area (Å²) in [5.41, 5.74) is -0.0322. The number of nitrogens with one attached hydrogen (secondary N) is 1. The van der Waals surface area contributed by atoms with Crippen LogP contribution in [0, 0.1) is 10.1 Å². The fraction of sp³-hybridized carbons (Fsp3) is 0.421. The predicted octanol–water partition coefficient (Wildman–Crippen LogP) is 3.36. The number of anilines is 2. The van der Waals surface area contributed by atoms with Crippen molar-refractivity contribution in [1.29, 1.82) is 0 Å². The summed E-state index contributed by atoms with van der Waals surface area (Å²) < 4.78 is 5.24. The number of amides is 2. The van der Waals surface area contributed by atoms with Gasteiger partial charge in [0, 0.05) is 32.2 Å². The van der Waals surface area contributed by atoms with Crippen LogP contribution < -0.4 is 10.2 Å². The molecule has 1 aromatic carbocycles. The maximum atomic E-state index is 12.5. The lowest BCUT2D eigenvalue weighted by Gasteiger charge is -2.33. The molecule has 0 bridgehead atoms. The number of carbonyl (C=O) groups excluding carboxylic acids is 2. The number of hydrogen-bond acceptors (Lipinski definition) is 8. The van der Waals surface area contributed by atoms with Crippen LogP contribution in [-0.2, 0) is 4.74 Å². The Morgan fingerprint density at radius 1 is 1.27 bits per heavy atom. The molecule has 0 saturated carbocycles. The maximum absolute atomic E-state index is 12.5. The van der Waals surface area contributed by atoms with Crippen LogP contribution >= 0.6 is 11.3 Å². The molecule has 1 fully saturated rings. The molecular formula is C19H23N5O5S. The number of carbonyl (C=O) groups is 2. The second kappa shape index (κ2) is 10.0. The quantitative estimate of drug-likeness (QED) is 0.404. The number of para-hydroxylation sites is 2. The highest BCUT2D eigenvalue weighted by Gasteiger charge is 2.25. The zero-order valence-electron chi connectivity index (χ0n) is 16.6. The van der Waals surface area contributed by atoms with Crippen molar-refractivity contribution < 1.29 is 19.2 Å². The molecule has 2 amide bonds. The first-order chi connectivity index (χ1) is 14.5. The lowest BCUT2D eigenvalue weighted by atomic mass is 10.2. The normalized spacial score (nSPS) is 13.8. The van der Waals surface area contributed by atoms with E-state index in [-0.39, 0.29) is 17.5 Å². The summed E-state index contributed by atoms with van der Waals surface area (Å²) in [6.45, 7) is 4.67. The van der Waals surface area contributed by atoms with Crippen molar-refractivity contribution in [2.24, 2.45) is 0 Å². The average molecular weight is 433 g/mol. The van der Waals surface area contributed by atoms with E-state index in [1.165, 1.54) is 35.7 Å².